The predicted octanol–water partition coefficient (Wildman–Crippen LogP) is 2.89. The second kappa shape index (κ2) is 7.12. The number of amides is 2. The summed E-state index contributed by atoms with van der Waals surface area (Å²) in [6, 6.07) is 7.26. The molecule has 0 radical (unpaired) electrons. The number of carbonyl (C=O) groups is 2. The van der Waals surface area contributed by atoms with E-state index >= 15 is 0 Å². The maximum absolute atomic E-state index is 12.7. The molecule has 1 saturated carbocycles. The molecule has 0 unspecified atom stereocenters. The third-order valence-electron chi connectivity index (χ3n) is 5.71. The van der Waals surface area contributed by atoms with Crippen LogP contribution in [0.5, 0.6) is 0 Å². The summed E-state index contributed by atoms with van der Waals surface area (Å²) in [6.07, 6.45) is 10.0. The van der Waals surface area contributed by atoms with Crippen molar-refractivity contribution in [3.63, 3.8) is 0 Å². The van der Waals surface area contributed by atoms with Crippen molar-refractivity contribution < 1.29 is 9.59 Å². The van der Waals surface area contributed by atoms with Gasteiger partial charge in [0.15, 0.2) is 0 Å². The van der Waals surface area contributed by atoms with E-state index in [1.54, 1.807) is 49.1 Å². The molecule has 0 saturated heterocycles. The zero-order chi connectivity index (χ0) is 19.8. The predicted molar refractivity (Wildman–Crippen MR) is 106 cm³/mol. The van der Waals surface area contributed by atoms with Gasteiger partial charge in [-0.05, 0) is 37.8 Å². The number of benzene rings is 1. The van der Waals surface area contributed by atoms with Gasteiger partial charge in [-0.3, -0.25) is 29.6 Å². The van der Waals surface area contributed by atoms with E-state index in [9.17, 15) is 9.59 Å². The van der Waals surface area contributed by atoms with Gasteiger partial charge in [-0.15, -0.1) is 0 Å². The summed E-state index contributed by atoms with van der Waals surface area (Å²) in [5.41, 5.74) is 3.46. The van der Waals surface area contributed by atoms with Crippen LogP contribution in [0.3, 0.4) is 0 Å². The van der Waals surface area contributed by atoms with Gasteiger partial charge in [0.05, 0.1) is 29.2 Å². The molecule has 3 heterocycles. The van der Waals surface area contributed by atoms with E-state index in [0.29, 0.717) is 11.1 Å². The normalized spacial score (nSPS) is 21.3. The van der Waals surface area contributed by atoms with Crippen molar-refractivity contribution in [2.45, 2.75) is 37.8 Å². The van der Waals surface area contributed by atoms with Gasteiger partial charge in [-0.2, -0.15) is 5.10 Å². The molecule has 8 nitrogen and oxygen atoms in total. The molecule has 3 aromatic rings. The SMILES string of the molecule is O=C1c2ccccc2C(=O)N1C1CCC(Nc2cn[nH]c2-c2cnccn2)CC1. The van der Waals surface area contributed by atoms with Crippen LogP contribution in [0.2, 0.25) is 0 Å². The number of aromatic amines is 1. The molecule has 8 heteroatoms. The van der Waals surface area contributed by atoms with Crippen molar-refractivity contribution in [1.29, 1.82) is 0 Å². The summed E-state index contributed by atoms with van der Waals surface area (Å²) in [4.78, 5) is 35.3. The van der Waals surface area contributed by atoms with Crippen LogP contribution in [0.4, 0.5) is 5.69 Å². The van der Waals surface area contributed by atoms with Crippen LogP contribution in [-0.2, 0) is 0 Å². The molecule has 146 valence electrons. The molecule has 2 amide bonds. The van der Waals surface area contributed by atoms with Gasteiger partial charge in [-0.25, -0.2) is 0 Å². The molecule has 0 bridgehead atoms. The van der Waals surface area contributed by atoms with E-state index in [1.165, 1.54) is 4.90 Å². The molecule has 0 spiro atoms. The van der Waals surface area contributed by atoms with Crippen molar-refractivity contribution >= 4 is 17.5 Å². The highest BCUT2D eigenvalue weighted by molar-refractivity contribution is 6.21. The molecule has 2 aliphatic rings. The number of carbonyl (C=O) groups excluding carboxylic acids is 2. The van der Waals surface area contributed by atoms with Gasteiger partial charge in [0.2, 0.25) is 0 Å². The van der Waals surface area contributed by atoms with Crippen LogP contribution < -0.4 is 5.32 Å². The van der Waals surface area contributed by atoms with Crippen LogP contribution in [0.25, 0.3) is 11.4 Å². The lowest BCUT2D eigenvalue weighted by Crippen LogP contribution is -2.43. The zero-order valence-corrected chi connectivity index (χ0v) is 15.7. The molecular formula is C21H20N6O2. The molecule has 0 atom stereocenters. The zero-order valence-electron chi connectivity index (χ0n) is 15.7. The Labute approximate surface area is 167 Å². The van der Waals surface area contributed by atoms with E-state index in [1.807, 2.05) is 0 Å². The minimum Gasteiger partial charge on any atom is -0.379 e. The number of fused-ring (bicyclic) bond motifs is 1. The van der Waals surface area contributed by atoms with Crippen molar-refractivity contribution in [3.05, 3.63) is 60.2 Å². The molecular weight excluding hydrogens is 368 g/mol. The minimum atomic E-state index is -0.165. The first kappa shape index (κ1) is 17.5. The fourth-order valence-electron chi connectivity index (χ4n) is 4.26. The summed E-state index contributed by atoms with van der Waals surface area (Å²) < 4.78 is 0. The monoisotopic (exact) mass is 388 g/mol. The van der Waals surface area contributed by atoms with Crippen molar-refractivity contribution in [2.24, 2.45) is 0 Å². The third-order valence-corrected chi connectivity index (χ3v) is 5.71. The maximum atomic E-state index is 12.7. The number of hydrogen-bond donors (Lipinski definition) is 2. The number of nitrogens with one attached hydrogen (secondary N) is 2. The van der Waals surface area contributed by atoms with E-state index in [0.717, 1.165) is 42.8 Å². The highest BCUT2D eigenvalue weighted by atomic mass is 16.2. The van der Waals surface area contributed by atoms with Crippen LogP contribution in [0.1, 0.15) is 46.4 Å². The molecule has 1 fully saturated rings. The van der Waals surface area contributed by atoms with Gasteiger partial charge < -0.3 is 5.32 Å². The van der Waals surface area contributed by atoms with Crippen molar-refractivity contribution in [2.75, 3.05) is 5.32 Å². The molecule has 1 aliphatic carbocycles. The fraction of sp³-hybridized carbons (Fsp3) is 0.286. The number of rotatable bonds is 4. The highest BCUT2D eigenvalue weighted by Crippen LogP contribution is 2.33. The van der Waals surface area contributed by atoms with Crippen molar-refractivity contribution in [1.82, 2.24) is 25.1 Å². The molecule has 1 aromatic carbocycles. The van der Waals surface area contributed by atoms with Gasteiger partial charge in [0.25, 0.3) is 11.8 Å². The van der Waals surface area contributed by atoms with Crippen molar-refractivity contribution in [3.8, 4) is 11.4 Å². The molecule has 5 rings (SSSR count). The second-order valence-corrected chi connectivity index (χ2v) is 7.43. The average molecular weight is 388 g/mol. The van der Waals surface area contributed by atoms with Gasteiger partial charge in [0, 0.05) is 24.5 Å². The third kappa shape index (κ3) is 3.06. The Morgan fingerprint density at radius 3 is 2.34 bits per heavy atom. The average Bonchev–Trinajstić information content (AvgIpc) is 3.33. The van der Waals surface area contributed by atoms with E-state index < -0.39 is 0 Å². The van der Waals surface area contributed by atoms with Crippen LogP contribution in [-0.4, -0.2) is 49.0 Å². The number of aromatic nitrogens is 4. The largest absolute Gasteiger partial charge is 0.379 e. The van der Waals surface area contributed by atoms with Crippen LogP contribution in [0, 0.1) is 0 Å². The summed E-state index contributed by atoms with van der Waals surface area (Å²) in [6.45, 7) is 0. The first-order chi connectivity index (χ1) is 14.2. The fourth-order valence-corrected chi connectivity index (χ4v) is 4.26. The van der Waals surface area contributed by atoms with E-state index in [4.69, 9.17) is 0 Å². The topological polar surface area (TPSA) is 104 Å². The minimum absolute atomic E-state index is 0.0516. The number of nitrogens with zero attached hydrogens (tertiary/aromatic N) is 4. The maximum Gasteiger partial charge on any atom is 0.261 e. The lowest BCUT2D eigenvalue weighted by atomic mass is 9.90. The molecule has 2 aromatic heterocycles. The first-order valence-electron chi connectivity index (χ1n) is 9.75. The molecule has 29 heavy (non-hydrogen) atoms. The summed E-state index contributed by atoms with van der Waals surface area (Å²) >= 11 is 0. The number of imide groups is 1. The number of anilines is 1. The Kier molecular flexibility index (Phi) is 4.31. The summed E-state index contributed by atoms with van der Waals surface area (Å²) in [7, 11) is 0. The Balaban J connectivity index is 1.25. The first-order valence-corrected chi connectivity index (χ1v) is 9.75. The Bertz CT molecular complexity index is 1020. The number of hydrogen-bond acceptors (Lipinski definition) is 6. The van der Waals surface area contributed by atoms with Crippen LogP contribution >= 0.6 is 0 Å². The standard InChI is InChI=1S/C21H20N6O2/c28-20-15-3-1-2-4-16(15)21(29)27(20)14-7-5-13(6-8-14)25-18-12-24-26-19(18)17-11-22-9-10-23-17/h1-4,9-14,25H,5-8H2,(H,24,26). The lowest BCUT2D eigenvalue weighted by Gasteiger charge is -2.34. The Hall–Kier alpha value is -3.55. The highest BCUT2D eigenvalue weighted by Gasteiger charge is 2.40. The quantitative estimate of drug-likeness (QED) is 0.666. The van der Waals surface area contributed by atoms with Gasteiger partial charge in [0.1, 0.15) is 11.4 Å². The smallest absolute Gasteiger partial charge is 0.261 e. The second-order valence-electron chi connectivity index (χ2n) is 7.43. The van der Waals surface area contributed by atoms with Gasteiger partial charge >= 0.3 is 0 Å². The summed E-state index contributed by atoms with van der Waals surface area (Å²) in [5, 5.41) is 10.6. The number of H-pyrrole nitrogens is 1. The van der Waals surface area contributed by atoms with Crippen LogP contribution in [0.15, 0.2) is 49.1 Å². The Morgan fingerprint density at radius 1 is 0.966 bits per heavy atom. The molecule has 2 N–H and O–H groups in total. The van der Waals surface area contributed by atoms with E-state index in [2.05, 4.69) is 25.5 Å². The molecule has 1 aliphatic heterocycles. The summed E-state index contributed by atoms with van der Waals surface area (Å²) in [5.74, 6) is -0.330. The van der Waals surface area contributed by atoms with Gasteiger partial charge in [-0.1, -0.05) is 12.1 Å². The van der Waals surface area contributed by atoms with E-state index in [-0.39, 0.29) is 23.9 Å². The Morgan fingerprint density at radius 2 is 1.69 bits per heavy atom. The lowest BCUT2D eigenvalue weighted by molar-refractivity contribution is 0.0545.